The quantitative estimate of drug-likeness (QED) is 0.909. The van der Waals surface area contributed by atoms with E-state index in [4.69, 9.17) is 5.26 Å². The van der Waals surface area contributed by atoms with E-state index in [9.17, 15) is 0 Å². The van der Waals surface area contributed by atoms with Crippen LogP contribution in [0, 0.1) is 11.3 Å². The van der Waals surface area contributed by atoms with Crippen LogP contribution in [-0.4, -0.2) is 34.0 Å². The summed E-state index contributed by atoms with van der Waals surface area (Å²) < 4.78 is 0. The lowest BCUT2D eigenvalue weighted by Gasteiger charge is -2.29. The minimum atomic E-state index is 0.585. The number of hydrogen-bond acceptors (Lipinski definition) is 3. The smallest absolute Gasteiger partial charge is 0.134 e. The van der Waals surface area contributed by atoms with E-state index in [0.717, 1.165) is 36.4 Å². The Morgan fingerprint density at radius 2 is 2.25 bits per heavy atom. The first-order valence-electron chi connectivity index (χ1n) is 7.00. The van der Waals surface area contributed by atoms with Crippen molar-refractivity contribution in [2.75, 3.05) is 13.1 Å². The van der Waals surface area contributed by atoms with Gasteiger partial charge in [-0.15, -0.1) is 0 Å². The number of nitriles is 1. The lowest BCUT2D eigenvalue weighted by atomic mass is 10.1. The lowest BCUT2D eigenvalue weighted by Crippen LogP contribution is -2.34. The van der Waals surface area contributed by atoms with E-state index in [-0.39, 0.29) is 0 Å². The summed E-state index contributed by atoms with van der Waals surface area (Å²) in [5.41, 5.74) is 3.80. The topological polar surface area (TPSA) is 55.7 Å². The standard InChI is InChI=1S/C16H18N4/c1-11(2)20-7-5-13(6-8-20)16-18-14-4-3-12(10-17)9-15(14)19-16/h3-5,9,11H,6-8H2,1-2H3,(H,18,19). The van der Waals surface area contributed by atoms with E-state index < -0.39 is 0 Å². The van der Waals surface area contributed by atoms with Crippen LogP contribution in [0.25, 0.3) is 16.6 Å². The van der Waals surface area contributed by atoms with Gasteiger partial charge in [-0.05, 0) is 44.0 Å². The number of aromatic nitrogens is 2. The second kappa shape index (κ2) is 5.10. The van der Waals surface area contributed by atoms with Crippen molar-refractivity contribution in [1.82, 2.24) is 14.9 Å². The minimum absolute atomic E-state index is 0.585. The summed E-state index contributed by atoms with van der Waals surface area (Å²) in [4.78, 5) is 10.4. The maximum Gasteiger partial charge on any atom is 0.134 e. The Balaban J connectivity index is 1.90. The highest BCUT2D eigenvalue weighted by Crippen LogP contribution is 2.23. The molecular weight excluding hydrogens is 248 g/mol. The Morgan fingerprint density at radius 1 is 1.40 bits per heavy atom. The van der Waals surface area contributed by atoms with Gasteiger partial charge in [0, 0.05) is 19.1 Å². The van der Waals surface area contributed by atoms with Crippen LogP contribution < -0.4 is 0 Å². The largest absolute Gasteiger partial charge is 0.338 e. The molecule has 0 spiro atoms. The van der Waals surface area contributed by atoms with E-state index in [1.54, 1.807) is 0 Å². The van der Waals surface area contributed by atoms with E-state index in [2.05, 4.69) is 40.9 Å². The number of H-pyrrole nitrogens is 1. The number of fused-ring (bicyclic) bond motifs is 1. The van der Waals surface area contributed by atoms with E-state index in [0.29, 0.717) is 11.6 Å². The number of benzene rings is 1. The molecule has 1 aromatic heterocycles. The summed E-state index contributed by atoms with van der Waals surface area (Å²) in [6.07, 6.45) is 3.27. The Bertz CT molecular complexity index is 703. The molecule has 2 heterocycles. The molecule has 0 saturated carbocycles. The summed E-state index contributed by atoms with van der Waals surface area (Å²) in [5, 5.41) is 8.93. The number of nitrogens with one attached hydrogen (secondary N) is 1. The first-order valence-corrected chi connectivity index (χ1v) is 7.00. The maximum absolute atomic E-state index is 8.93. The molecule has 2 aromatic rings. The number of hydrogen-bond donors (Lipinski definition) is 1. The third-order valence-corrected chi connectivity index (χ3v) is 3.89. The van der Waals surface area contributed by atoms with Crippen molar-refractivity contribution >= 4 is 16.6 Å². The molecule has 0 bridgehead atoms. The molecule has 1 N–H and O–H groups in total. The molecule has 0 fully saturated rings. The van der Waals surface area contributed by atoms with Crippen LogP contribution >= 0.6 is 0 Å². The van der Waals surface area contributed by atoms with Gasteiger partial charge in [0.15, 0.2) is 0 Å². The van der Waals surface area contributed by atoms with Crippen molar-refractivity contribution in [3.8, 4) is 6.07 Å². The highest BCUT2D eigenvalue weighted by atomic mass is 15.1. The maximum atomic E-state index is 8.93. The summed E-state index contributed by atoms with van der Waals surface area (Å²) in [6.45, 7) is 6.50. The second-order valence-corrected chi connectivity index (χ2v) is 5.50. The van der Waals surface area contributed by atoms with Crippen LogP contribution in [0.2, 0.25) is 0 Å². The van der Waals surface area contributed by atoms with Crippen LogP contribution in [0.3, 0.4) is 0 Å². The van der Waals surface area contributed by atoms with Crippen molar-refractivity contribution < 1.29 is 0 Å². The molecule has 3 rings (SSSR count). The summed E-state index contributed by atoms with van der Waals surface area (Å²) in [5.74, 6) is 0.943. The zero-order valence-electron chi connectivity index (χ0n) is 11.8. The van der Waals surface area contributed by atoms with Gasteiger partial charge < -0.3 is 4.98 Å². The SMILES string of the molecule is CC(C)N1CC=C(c2nc3ccc(C#N)cc3[nH]2)CC1. The van der Waals surface area contributed by atoms with Gasteiger partial charge >= 0.3 is 0 Å². The average Bonchev–Trinajstić information content (AvgIpc) is 2.90. The van der Waals surface area contributed by atoms with Crippen molar-refractivity contribution in [2.45, 2.75) is 26.3 Å². The Morgan fingerprint density at radius 3 is 2.90 bits per heavy atom. The summed E-state index contributed by atoms with van der Waals surface area (Å²) in [7, 11) is 0. The van der Waals surface area contributed by atoms with Gasteiger partial charge in [0.1, 0.15) is 5.82 Å². The van der Waals surface area contributed by atoms with Gasteiger partial charge in [-0.2, -0.15) is 5.26 Å². The molecule has 0 radical (unpaired) electrons. The van der Waals surface area contributed by atoms with Gasteiger partial charge in [-0.1, -0.05) is 6.08 Å². The molecular formula is C16H18N4. The molecule has 102 valence electrons. The zero-order chi connectivity index (χ0) is 14.1. The molecule has 1 aromatic carbocycles. The van der Waals surface area contributed by atoms with Crippen LogP contribution in [0.4, 0.5) is 0 Å². The van der Waals surface area contributed by atoms with E-state index in [1.165, 1.54) is 5.57 Å². The van der Waals surface area contributed by atoms with Gasteiger partial charge in [0.25, 0.3) is 0 Å². The first-order chi connectivity index (χ1) is 9.67. The van der Waals surface area contributed by atoms with Gasteiger partial charge in [-0.3, -0.25) is 4.90 Å². The Kier molecular flexibility index (Phi) is 3.29. The number of rotatable bonds is 2. The molecule has 0 saturated heterocycles. The molecule has 20 heavy (non-hydrogen) atoms. The monoisotopic (exact) mass is 266 g/mol. The highest BCUT2D eigenvalue weighted by Gasteiger charge is 2.17. The number of aromatic amines is 1. The summed E-state index contributed by atoms with van der Waals surface area (Å²) >= 11 is 0. The van der Waals surface area contributed by atoms with Crippen LogP contribution in [-0.2, 0) is 0 Å². The molecule has 1 aliphatic rings. The Labute approximate surface area is 118 Å². The Hall–Kier alpha value is -2.12. The van der Waals surface area contributed by atoms with Crippen LogP contribution in [0.1, 0.15) is 31.7 Å². The van der Waals surface area contributed by atoms with E-state index in [1.807, 2.05) is 18.2 Å². The van der Waals surface area contributed by atoms with Gasteiger partial charge in [0.05, 0.1) is 22.7 Å². The predicted octanol–water partition coefficient (Wildman–Crippen LogP) is 2.93. The fourth-order valence-electron chi connectivity index (χ4n) is 2.60. The fraction of sp³-hybridized carbons (Fsp3) is 0.375. The first kappa shape index (κ1) is 12.9. The average molecular weight is 266 g/mol. The number of imidazole rings is 1. The molecule has 0 atom stereocenters. The zero-order valence-corrected chi connectivity index (χ0v) is 11.8. The molecule has 1 aliphatic heterocycles. The summed E-state index contributed by atoms with van der Waals surface area (Å²) in [6, 6.07) is 8.31. The third kappa shape index (κ3) is 2.33. The number of nitrogens with zero attached hydrogens (tertiary/aromatic N) is 3. The van der Waals surface area contributed by atoms with Crippen molar-refractivity contribution in [3.05, 3.63) is 35.7 Å². The van der Waals surface area contributed by atoms with Crippen LogP contribution in [0.5, 0.6) is 0 Å². The van der Waals surface area contributed by atoms with E-state index >= 15 is 0 Å². The van der Waals surface area contributed by atoms with Crippen molar-refractivity contribution in [3.63, 3.8) is 0 Å². The molecule has 0 amide bonds. The molecule has 4 nitrogen and oxygen atoms in total. The normalized spacial score (nSPS) is 16.4. The van der Waals surface area contributed by atoms with Crippen molar-refractivity contribution in [2.24, 2.45) is 0 Å². The van der Waals surface area contributed by atoms with Crippen LogP contribution in [0.15, 0.2) is 24.3 Å². The minimum Gasteiger partial charge on any atom is -0.338 e. The third-order valence-electron chi connectivity index (χ3n) is 3.89. The van der Waals surface area contributed by atoms with Gasteiger partial charge in [0.2, 0.25) is 0 Å². The second-order valence-electron chi connectivity index (χ2n) is 5.50. The van der Waals surface area contributed by atoms with Crippen molar-refractivity contribution in [1.29, 1.82) is 5.26 Å². The highest BCUT2D eigenvalue weighted by molar-refractivity contribution is 5.80. The molecule has 4 heteroatoms. The lowest BCUT2D eigenvalue weighted by molar-refractivity contribution is 0.245. The fourth-order valence-corrected chi connectivity index (χ4v) is 2.60. The molecule has 0 aliphatic carbocycles. The predicted molar refractivity (Wildman–Crippen MR) is 80.1 cm³/mol. The molecule has 0 unspecified atom stereocenters. The van der Waals surface area contributed by atoms with Gasteiger partial charge in [-0.25, -0.2) is 4.98 Å².